The van der Waals surface area contributed by atoms with Crippen LogP contribution in [0.15, 0.2) is 36.5 Å². The van der Waals surface area contributed by atoms with Crippen molar-refractivity contribution in [2.24, 2.45) is 0 Å². The van der Waals surface area contributed by atoms with Crippen LogP contribution >= 0.6 is 11.6 Å². The molecule has 2 aromatic heterocycles. The first-order chi connectivity index (χ1) is 11.5. The Bertz CT molecular complexity index is 918. The summed E-state index contributed by atoms with van der Waals surface area (Å²) in [6.07, 6.45) is 1.80. The van der Waals surface area contributed by atoms with Crippen molar-refractivity contribution in [2.75, 3.05) is 11.9 Å². The van der Waals surface area contributed by atoms with Crippen LogP contribution in [0.2, 0.25) is 5.02 Å². The Hall–Kier alpha value is -2.53. The van der Waals surface area contributed by atoms with E-state index in [1.54, 1.807) is 23.6 Å². The molecule has 1 N–H and O–H groups in total. The number of amides is 1. The largest absolute Gasteiger partial charge is 0.490 e. The van der Waals surface area contributed by atoms with Crippen molar-refractivity contribution < 1.29 is 9.53 Å². The lowest BCUT2D eigenvalue weighted by Gasteiger charge is -2.08. The number of fused-ring (bicyclic) bond motifs is 1. The molecule has 3 rings (SSSR count). The first-order valence-corrected chi connectivity index (χ1v) is 8.07. The molecule has 124 valence electrons. The number of rotatable bonds is 4. The van der Waals surface area contributed by atoms with E-state index in [4.69, 9.17) is 16.3 Å². The van der Waals surface area contributed by atoms with Crippen molar-refractivity contribution in [1.82, 2.24) is 9.38 Å². The molecular formula is C18H18ClN3O2. The van der Waals surface area contributed by atoms with Crippen LogP contribution in [-0.4, -0.2) is 21.9 Å². The number of hydrogen-bond donors (Lipinski definition) is 1. The molecular weight excluding hydrogens is 326 g/mol. The Balaban J connectivity index is 1.99. The average molecular weight is 344 g/mol. The van der Waals surface area contributed by atoms with E-state index in [1.807, 2.05) is 38.1 Å². The summed E-state index contributed by atoms with van der Waals surface area (Å²) in [7, 11) is 0. The summed E-state index contributed by atoms with van der Waals surface area (Å²) in [6.45, 7) is 6.17. The first-order valence-electron chi connectivity index (χ1n) is 7.69. The lowest BCUT2D eigenvalue weighted by atomic mass is 10.2. The third kappa shape index (κ3) is 2.95. The molecule has 0 aliphatic rings. The number of halogens is 1. The fourth-order valence-corrected chi connectivity index (χ4v) is 2.74. The number of benzene rings is 1. The van der Waals surface area contributed by atoms with Gasteiger partial charge in [0.1, 0.15) is 5.69 Å². The van der Waals surface area contributed by atoms with E-state index in [0.29, 0.717) is 40.1 Å². The third-order valence-corrected chi connectivity index (χ3v) is 4.14. The van der Waals surface area contributed by atoms with Gasteiger partial charge in [-0.3, -0.25) is 9.20 Å². The van der Waals surface area contributed by atoms with E-state index in [0.717, 1.165) is 5.56 Å². The number of ether oxygens (including phenoxy) is 1. The normalized spacial score (nSPS) is 10.8. The number of aromatic nitrogens is 2. The molecule has 0 aliphatic carbocycles. The number of nitrogens with zero attached hydrogens (tertiary/aromatic N) is 2. The first kappa shape index (κ1) is 16.3. The van der Waals surface area contributed by atoms with Gasteiger partial charge in [-0.1, -0.05) is 17.7 Å². The molecule has 24 heavy (non-hydrogen) atoms. The van der Waals surface area contributed by atoms with Gasteiger partial charge in [-0.05, 0) is 50.6 Å². The van der Waals surface area contributed by atoms with Gasteiger partial charge in [-0.25, -0.2) is 4.98 Å². The van der Waals surface area contributed by atoms with Crippen molar-refractivity contribution in [3.63, 3.8) is 0 Å². The van der Waals surface area contributed by atoms with Crippen LogP contribution in [0.5, 0.6) is 5.75 Å². The second-order valence-corrected chi connectivity index (χ2v) is 5.87. The number of carbonyl (C=O) groups excluding carboxylic acids is 1. The Labute approximate surface area is 145 Å². The van der Waals surface area contributed by atoms with Crippen molar-refractivity contribution >= 4 is 28.8 Å². The summed E-state index contributed by atoms with van der Waals surface area (Å²) >= 11 is 6.12. The molecule has 0 atom stereocenters. The number of hydrogen-bond acceptors (Lipinski definition) is 3. The van der Waals surface area contributed by atoms with Crippen LogP contribution in [0.25, 0.3) is 5.65 Å². The van der Waals surface area contributed by atoms with Gasteiger partial charge in [-0.2, -0.15) is 0 Å². The maximum Gasteiger partial charge on any atom is 0.274 e. The van der Waals surface area contributed by atoms with Gasteiger partial charge in [0, 0.05) is 16.9 Å². The molecule has 0 fully saturated rings. The molecule has 0 spiro atoms. The van der Waals surface area contributed by atoms with Crippen LogP contribution in [-0.2, 0) is 0 Å². The molecule has 3 aromatic rings. The van der Waals surface area contributed by atoms with E-state index >= 15 is 0 Å². The molecule has 1 amide bonds. The van der Waals surface area contributed by atoms with Gasteiger partial charge in [0.2, 0.25) is 0 Å². The Morgan fingerprint density at radius 3 is 2.83 bits per heavy atom. The van der Waals surface area contributed by atoms with Crippen LogP contribution in [0.1, 0.15) is 28.7 Å². The van der Waals surface area contributed by atoms with Gasteiger partial charge in [0.15, 0.2) is 11.4 Å². The third-order valence-electron chi connectivity index (χ3n) is 3.73. The van der Waals surface area contributed by atoms with E-state index in [2.05, 4.69) is 10.3 Å². The maximum absolute atomic E-state index is 12.7. The number of nitrogens with one attached hydrogen (secondary N) is 1. The lowest BCUT2D eigenvalue weighted by molar-refractivity contribution is 0.102. The van der Waals surface area contributed by atoms with Crippen molar-refractivity contribution in [1.29, 1.82) is 0 Å². The molecule has 0 radical (unpaired) electrons. The smallest absolute Gasteiger partial charge is 0.274 e. The predicted octanol–water partition coefficient (Wildman–Crippen LogP) is 4.26. The van der Waals surface area contributed by atoms with Gasteiger partial charge in [-0.15, -0.1) is 0 Å². The van der Waals surface area contributed by atoms with Crippen molar-refractivity contribution in [2.45, 2.75) is 20.8 Å². The van der Waals surface area contributed by atoms with Crippen LogP contribution in [0, 0.1) is 13.8 Å². The van der Waals surface area contributed by atoms with Crippen LogP contribution < -0.4 is 10.1 Å². The fourth-order valence-electron chi connectivity index (χ4n) is 2.56. The number of anilines is 1. The highest BCUT2D eigenvalue weighted by atomic mass is 35.5. The van der Waals surface area contributed by atoms with Crippen LogP contribution in [0.4, 0.5) is 5.69 Å². The van der Waals surface area contributed by atoms with E-state index in [9.17, 15) is 4.79 Å². The maximum atomic E-state index is 12.7. The zero-order chi connectivity index (χ0) is 17.3. The molecule has 1 aromatic carbocycles. The summed E-state index contributed by atoms with van der Waals surface area (Å²) in [6, 6.07) is 9.10. The second-order valence-electron chi connectivity index (χ2n) is 5.46. The highest BCUT2D eigenvalue weighted by Gasteiger charge is 2.19. The standard InChI is InChI=1S/C18H18ClN3O2/c1-4-24-15-6-5-9-22-16(12(3)20-17(15)22)18(23)21-13-8-7-11(2)14(19)10-13/h5-10H,4H2,1-3H3,(H,21,23). The SMILES string of the molecule is CCOc1cccn2c(C(=O)Nc3ccc(C)c(Cl)c3)c(C)nc12. The van der Waals surface area contributed by atoms with Gasteiger partial charge >= 0.3 is 0 Å². The topological polar surface area (TPSA) is 55.6 Å². The zero-order valence-corrected chi connectivity index (χ0v) is 14.5. The zero-order valence-electron chi connectivity index (χ0n) is 13.8. The molecule has 2 heterocycles. The molecule has 0 aliphatic heterocycles. The highest BCUT2D eigenvalue weighted by molar-refractivity contribution is 6.31. The van der Waals surface area contributed by atoms with Gasteiger partial charge in [0.05, 0.1) is 12.3 Å². The average Bonchev–Trinajstić information content (AvgIpc) is 2.88. The Morgan fingerprint density at radius 1 is 1.33 bits per heavy atom. The quantitative estimate of drug-likeness (QED) is 0.770. The minimum atomic E-state index is -0.242. The Kier molecular flexibility index (Phi) is 4.44. The molecule has 0 saturated heterocycles. The summed E-state index contributed by atoms with van der Waals surface area (Å²) in [5, 5.41) is 3.48. The number of pyridine rings is 1. The fraction of sp³-hybridized carbons (Fsp3) is 0.222. The number of aryl methyl sites for hydroxylation is 2. The minimum absolute atomic E-state index is 0.242. The summed E-state index contributed by atoms with van der Waals surface area (Å²) in [5.74, 6) is 0.411. The van der Waals surface area contributed by atoms with Gasteiger partial charge < -0.3 is 10.1 Å². The number of carbonyl (C=O) groups is 1. The summed E-state index contributed by atoms with van der Waals surface area (Å²) < 4.78 is 7.32. The van der Waals surface area contributed by atoms with E-state index in [-0.39, 0.29) is 5.91 Å². The summed E-state index contributed by atoms with van der Waals surface area (Å²) in [4.78, 5) is 17.2. The van der Waals surface area contributed by atoms with Crippen molar-refractivity contribution in [3.05, 3.63) is 58.5 Å². The molecule has 0 bridgehead atoms. The number of imidazole rings is 1. The minimum Gasteiger partial charge on any atom is -0.490 e. The molecule has 6 heteroatoms. The monoisotopic (exact) mass is 343 g/mol. The highest BCUT2D eigenvalue weighted by Crippen LogP contribution is 2.24. The molecule has 0 saturated carbocycles. The summed E-state index contributed by atoms with van der Waals surface area (Å²) in [5.41, 5.74) is 3.35. The molecule has 0 unspecified atom stereocenters. The second kappa shape index (κ2) is 6.53. The molecule has 5 nitrogen and oxygen atoms in total. The van der Waals surface area contributed by atoms with Crippen LogP contribution in [0.3, 0.4) is 0 Å². The lowest BCUT2D eigenvalue weighted by Crippen LogP contribution is -2.15. The van der Waals surface area contributed by atoms with E-state index in [1.165, 1.54) is 0 Å². The van der Waals surface area contributed by atoms with Gasteiger partial charge in [0.25, 0.3) is 5.91 Å². The predicted molar refractivity (Wildman–Crippen MR) is 95.2 cm³/mol. The van der Waals surface area contributed by atoms with E-state index < -0.39 is 0 Å². The Morgan fingerprint density at radius 2 is 2.12 bits per heavy atom. The van der Waals surface area contributed by atoms with Crippen molar-refractivity contribution in [3.8, 4) is 5.75 Å².